The lowest BCUT2D eigenvalue weighted by atomic mass is 10.2. The summed E-state index contributed by atoms with van der Waals surface area (Å²) in [6, 6.07) is 21.2. The van der Waals surface area contributed by atoms with Crippen molar-refractivity contribution in [2.45, 2.75) is 6.18 Å². The van der Waals surface area contributed by atoms with E-state index in [1.165, 1.54) is 54.6 Å². The average Bonchev–Trinajstić information content (AvgIpc) is 3.18. The number of hydrogen-bond donors (Lipinski definition) is 9. The normalized spacial score (nSPS) is 10.6. The Kier molecular flexibility index (Phi) is 18.7. The van der Waals surface area contributed by atoms with Gasteiger partial charge in [0.25, 0.3) is 0 Å². The largest absolute Gasteiger partial charge is 0.504 e. The highest BCUT2D eigenvalue weighted by Gasteiger charge is 2.30. The van der Waals surface area contributed by atoms with Crippen molar-refractivity contribution in [3.8, 4) is 17.2 Å². The molecule has 0 spiro atoms. The molecule has 0 saturated heterocycles. The molecule has 0 fully saturated rings. The van der Waals surface area contributed by atoms with Crippen LogP contribution in [0, 0.1) is 0 Å². The Bertz CT molecular complexity index is 2650. The molecule has 0 aliphatic carbocycles. The molecule has 0 saturated carbocycles. The van der Waals surface area contributed by atoms with Crippen molar-refractivity contribution in [3.63, 3.8) is 0 Å². The van der Waals surface area contributed by atoms with Gasteiger partial charge < -0.3 is 47.2 Å². The summed E-state index contributed by atoms with van der Waals surface area (Å²) in [5.41, 5.74) is 0.432. The number of nitrogens with one attached hydrogen (secondary N) is 6. The maximum Gasteiger partial charge on any atom is 0.416 e. The fourth-order valence-corrected chi connectivity index (χ4v) is 6.87. The fraction of sp³-hybridized carbons (Fsp3) is 0.0250. The first-order valence-electron chi connectivity index (χ1n) is 17.1. The number of rotatable bonds is 6. The van der Waals surface area contributed by atoms with Gasteiger partial charge in [-0.1, -0.05) is 104 Å². The number of aromatic hydroxyl groups is 3. The number of phenolic OH excluding ortho intramolecular Hbond substituents is 3. The zero-order valence-electron chi connectivity index (χ0n) is 31.4. The first-order chi connectivity index (χ1) is 30.0. The first kappa shape index (κ1) is 51.6. The maximum atomic E-state index is 12.4. The molecule has 6 aromatic carbocycles. The second kappa shape index (κ2) is 23.2. The van der Waals surface area contributed by atoms with E-state index in [1.807, 2.05) is 0 Å². The molecule has 0 heterocycles. The number of carbonyl (C=O) groups is 3. The molecule has 0 bridgehead atoms. The summed E-state index contributed by atoms with van der Waals surface area (Å²) in [5.74, 6) is -0.902. The van der Waals surface area contributed by atoms with Gasteiger partial charge in [-0.15, -0.1) is 0 Å². The van der Waals surface area contributed by atoms with Gasteiger partial charge in [0.2, 0.25) is 0 Å². The van der Waals surface area contributed by atoms with Crippen molar-refractivity contribution in [1.29, 1.82) is 0 Å². The Hall–Kier alpha value is -5.07. The lowest BCUT2D eigenvalue weighted by Gasteiger charge is -2.11. The van der Waals surface area contributed by atoms with Crippen molar-refractivity contribution >= 4 is 157 Å². The summed E-state index contributed by atoms with van der Waals surface area (Å²) < 4.78 is 37.3. The van der Waals surface area contributed by atoms with Gasteiger partial charge in [0.05, 0.1) is 37.7 Å². The van der Waals surface area contributed by atoms with Gasteiger partial charge in [0.15, 0.2) is 17.2 Å². The number of alkyl halides is 3. The predicted octanol–water partition coefficient (Wildman–Crippen LogP) is 16.0. The standard InChI is InChI=1S/C14H9Cl2F3N2O2.C13H8Cl4N2O2.C13H9Cl3N2O2/c15-8-5-10(16)12(22)11(6-8)21-13(23)20-9-3-1-7(2-4-9)14(17,18)19;14-6-1-7(15)3-9(2-6)18-13(21)19-11-5-8(16)4-10(17)12(11)20;14-7-1-3-9(4-2-7)17-13(20)18-11-6-8(15)5-10(16)12(11)19/h1-6,22H,(H2,20,21,23);1-5,20H,(H2,18,19,21);1-6,19H,(H2,17,18,20). The number of urea groups is 3. The van der Waals surface area contributed by atoms with Crippen LogP contribution < -0.4 is 31.9 Å². The Labute approximate surface area is 406 Å². The third-order valence-corrected chi connectivity index (χ3v) is 9.73. The van der Waals surface area contributed by atoms with Crippen LogP contribution in [-0.4, -0.2) is 33.4 Å². The number of phenols is 3. The van der Waals surface area contributed by atoms with Gasteiger partial charge in [-0.25, -0.2) is 14.4 Å². The van der Waals surface area contributed by atoms with Crippen molar-refractivity contribution in [2.75, 3.05) is 31.9 Å². The lowest BCUT2D eigenvalue weighted by molar-refractivity contribution is -0.137. The summed E-state index contributed by atoms with van der Waals surface area (Å²) >= 11 is 52.0. The zero-order valence-corrected chi connectivity index (χ0v) is 38.2. The molecule has 0 atom stereocenters. The van der Waals surface area contributed by atoms with Crippen LogP contribution >= 0.6 is 104 Å². The number of hydrogen-bond acceptors (Lipinski definition) is 6. The molecule has 24 heteroatoms. The SMILES string of the molecule is O=C(Nc1cc(Cl)cc(Cl)c1)Nc1cc(Cl)cc(Cl)c1O.O=C(Nc1ccc(C(F)(F)F)cc1)Nc1cc(Cl)cc(Cl)c1O.O=C(Nc1ccc(Cl)cc1)Nc1cc(Cl)cc(Cl)c1O. The van der Waals surface area contributed by atoms with Crippen molar-refractivity contribution < 1.29 is 42.9 Å². The molecule has 0 aliphatic heterocycles. The molecule has 336 valence electrons. The summed E-state index contributed by atoms with van der Waals surface area (Å²) in [6.07, 6.45) is -4.45. The van der Waals surface area contributed by atoms with Crippen LogP contribution in [0.2, 0.25) is 45.2 Å². The van der Waals surface area contributed by atoms with Crippen molar-refractivity contribution in [3.05, 3.63) is 154 Å². The number of benzene rings is 6. The maximum absolute atomic E-state index is 12.4. The number of amides is 6. The molecule has 0 aliphatic rings. The molecular weight excluding hydrogens is 1040 g/mol. The third kappa shape index (κ3) is 16.2. The Morgan fingerprint density at radius 2 is 0.672 bits per heavy atom. The predicted molar refractivity (Wildman–Crippen MR) is 252 cm³/mol. The highest BCUT2D eigenvalue weighted by atomic mass is 35.5. The van der Waals surface area contributed by atoms with E-state index in [0.29, 0.717) is 31.5 Å². The van der Waals surface area contributed by atoms with E-state index < -0.39 is 29.8 Å². The monoisotopic (exact) mass is 1060 g/mol. The molecule has 64 heavy (non-hydrogen) atoms. The summed E-state index contributed by atoms with van der Waals surface area (Å²) in [4.78, 5) is 35.5. The summed E-state index contributed by atoms with van der Waals surface area (Å²) in [5, 5.41) is 45.9. The van der Waals surface area contributed by atoms with Gasteiger partial charge in [-0.3, -0.25) is 0 Å². The highest BCUT2D eigenvalue weighted by molar-refractivity contribution is 6.38. The van der Waals surface area contributed by atoms with Crippen LogP contribution in [0.4, 0.5) is 61.7 Å². The van der Waals surface area contributed by atoms with E-state index in [4.69, 9.17) is 104 Å². The topological polar surface area (TPSA) is 184 Å². The first-order valence-corrected chi connectivity index (χ1v) is 20.5. The van der Waals surface area contributed by atoms with E-state index in [9.17, 15) is 42.9 Å². The minimum absolute atomic E-state index is 0.0311. The fourth-order valence-electron chi connectivity index (χ4n) is 4.74. The second-order valence-electron chi connectivity index (χ2n) is 12.3. The van der Waals surface area contributed by atoms with Gasteiger partial charge in [0, 0.05) is 47.2 Å². The van der Waals surface area contributed by atoms with Crippen LogP contribution in [0.3, 0.4) is 0 Å². The molecular formula is C40H26Cl9F3N6O6. The molecule has 6 aromatic rings. The van der Waals surface area contributed by atoms with E-state index in [0.717, 1.165) is 24.3 Å². The van der Waals surface area contributed by atoms with Crippen LogP contribution in [0.1, 0.15) is 5.56 Å². The van der Waals surface area contributed by atoms with Gasteiger partial charge in [0.1, 0.15) is 0 Å². The van der Waals surface area contributed by atoms with Crippen molar-refractivity contribution in [2.24, 2.45) is 0 Å². The van der Waals surface area contributed by atoms with E-state index in [2.05, 4.69) is 31.9 Å². The van der Waals surface area contributed by atoms with Gasteiger partial charge in [-0.05, 0) is 103 Å². The smallest absolute Gasteiger partial charge is 0.416 e. The van der Waals surface area contributed by atoms with E-state index in [-0.39, 0.29) is 65.1 Å². The average molecular weight is 1060 g/mol. The van der Waals surface area contributed by atoms with Gasteiger partial charge >= 0.3 is 24.3 Å². The van der Waals surface area contributed by atoms with Crippen LogP contribution in [0.15, 0.2) is 103 Å². The van der Waals surface area contributed by atoms with E-state index in [1.54, 1.807) is 24.3 Å². The molecule has 0 radical (unpaired) electrons. The number of halogens is 12. The number of carbonyl (C=O) groups excluding carboxylic acids is 3. The molecule has 0 unspecified atom stereocenters. The van der Waals surface area contributed by atoms with Crippen molar-refractivity contribution in [1.82, 2.24) is 0 Å². The number of anilines is 6. The van der Waals surface area contributed by atoms with Crippen LogP contribution in [-0.2, 0) is 6.18 Å². The zero-order chi connectivity index (χ0) is 47.5. The minimum Gasteiger partial charge on any atom is -0.504 e. The molecule has 9 N–H and O–H groups in total. The molecule has 12 nitrogen and oxygen atoms in total. The van der Waals surface area contributed by atoms with Crippen LogP contribution in [0.5, 0.6) is 17.2 Å². The summed E-state index contributed by atoms with van der Waals surface area (Å²) in [7, 11) is 0. The third-order valence-electron chi connectivity index (χ3n) is 7.52. The second-order valence-corrected chi connectivity index (χ2v) is 16.2. The lowest BCUT2D eigenvalue weighted by Crippen LogP contribution is -2.19. The highest BCUT2D eigenvalue weighted by Crippen LogP contribution is 2.38. The minimum atomic E-state index is -4.45. The van der Waals surface area contributed by atoms with E-state index >= 15 is 0 Å². The molecule has 6 amide bonds. The van der Waals surface area contributed by atoms with Crippen LogP contribution in [0.25, 0.3) is 0 Å². The Balaban J connectivity index is 0.000000211. The molecule has 0 aromatic heterocycles. The quantitative estimate of drug-likeness (QED) is 0.0748. The molecule has 6 rings (SSSR count). The van der Waals surface area contributed by atoms with Gasteiger partial charge in [-0.2, -0.15) is 13.2 Å². The summed E-state index contributed by atoms with van der Waals surface area (Å²) in [6.45, 7) is 0. The Morgan fingerprint density at radius 3 is 1.00 bits per heavy atom. The Morgan fingerprint density at radius 1 is 0.375 bits per heavy atom.